The van der Waals surface area contributed by atoms with Gasteiger partial charge in [0.05, 0.1) is 18.6 Å². The molecule has 3 rings (SSSR count). The van der Waals surface area contributed by atoms with Crippen LogP contribution >= 0.6 is 0 Å². The van der Waals surface area contributed by atoms with E-state index in [1.807, 2.05) is 49.4 Å². The van der Waals surface area contributed by atoms with Gasteiger partial charge >= 0.3 is 5.97 Å². The first-order valence-electron chi connectivity index (χ1n) is 7.79. The zero-order chi connectivity index (χ0) is 17.3. The lowest BCUT2D eigenvalue weighted by atomic mass is 9.87. The number of ether oxygens (including phenoxy) is 1. The Labute approximate surface area is 141 Å². The van der Waals surface area contributed by atoms with Gasteiger partial charge in [0.15, 0.2) is 0 Å². The van der Waals surface area contributed by atoms with E-state index in [4.69, 9.17) is 4.74 Å². The third kappa shape index (κ3) is 2.71. The Kier molecular flexibility index (Phi) is 4.21. The largest absolute Gasteiger partial charge is 0.465 e. The molecule has 24 heavy (non-hydrogen) atoms. The Bertz CT molecular complexity index is 852. The summed E-state index contributed by atoms with van der Waals surface area (Å²) < 4.78 is 4.92. The molecule has 1 amide bonds. The summed E-state index contributed by atoms with van der Waals surface area (Å²) in [7, 11) is 1.37. The van der Waals surface area contributed by atoms with Crippen molar-refractivity contribution < 1.29 is 14.3 Å². The smallest absolute Gasteiger partial charge is 0.338 e. The molecular weight excluding hydrogens is 302 g/mol. The molecule has 0 aromatic heterocycles. The lowest BCUT2D eigenvalue weighted by Crippen LogP contribution is -2.23. The van der Waals surface area contributed by atoms with Gasteiger partial charge in [-0.1, -0.05) is 36.4 Å². The fraction of sp³-hybridized carbons (Fsp3) is 0.200. The fourth-order valence-corrected chi connectivity index (χ4v) is 3.25. The van der Waals surface area contributed by atoms with E-state index in [9.17, 15) is 9.59 Å². The maximum Gasteiger partial charge on any atom is 0.338 e. The van der Waals surface area contributed by atoms with Crippen LogP contribution in [0.25, 0.3) is 6.08 Å². The SMILES string of the molecule is COC(=O)c1ccccc1C1C(NC(C)=O)=Cc2c(C)cccc21. The lowest BCUT2D eigenvalue weighted by molar-refractivity contribution is -0.118. The predicted octanol–water partition coefficient (Wildman–Crippen LogP) is 3.40. The van der Waals surface area contributed by atoms with Crippen molar-refractivity contribution in [3.63, 3.8) is 0 Å². The molecule has 0 bridgehead atoms. The van der Waals surface area contributed by atoms with Crippen molar-refractivity contribution in [3.8, 4) is 0 Å². The number of fused-ring (bicyclic) bond motifs is 1. The highest BCUT2D eigenvalue weighted by Gasteiger charge is 2.31. The number of allylic oxidation sites excluding steroid dienone is 1. The first-order valence-corrected chi connectivity index (χ1v) is 7.79. The van der Waals surface area contributed by atoms with Crippen LogP contribution in [-0.4, -0.2) is 19.0 Å². The number of nitrogens with one attached hydrogen (secondary N) is 1. The zero-order valence-corrected chi connectivity index (χ0v) is 13.9. The molecule has 2 aromatic rings. The molecule has 0 spiro atoms. The number of esters is 1. The second-order valence-corrected chi connectivity index (χ2v) is 5.87. The zero-order valence-electron chi connectivity index (χ0n) is 13.9. The van der Waals surface area contributed by atoms with Gasteiger partial charge in [0.25, 0.3) is 0 Å². The minimum absolute atomic E-state index is 0.132. The molecule has 0 aliphatic heterocycles. The number of rotatable bonds is 3. The Hall–Kier alpha value is -2.88. The summed E-state index contributed by atoms with van der Waals surface area (Å²) in [5.41, 5.74) is 5.42. The second-order valence-electron chi connectivity index (χ2n) is 5.87. The van der Waals surface area contributed by atoms with E-state index in [1.54, 1.807) is 6.07 Å². The average molecular weight is 321 g/mol. The molecule has 4 heteroatoms. The molecule has 1 aliphatic carbocycles. The van der Waals surface area contributed by atoms with E-state index in [-0.39, 0.29) is 17.8 Å². The van der Waals surface area contributed by atoms with E-state index >= 15 is 0 Å². The van der Waals surface area contributed by atoms with Crippen LogP contribution < -0.4 is 5.32 Å². The van der Waals surface area contributed by atoms with E-state index in [0.717, 1.165) is 28.0 Å². The number of hydrogen-bond acceptors (Lipinski definition) is 3. The third-order valence-electron chi connectivity index (χ3n) is 4.28. The maximum atomic E-state index is 12.2. The number of carbonyl (C=O) groups excluding carboxylic acids is 2. The molecular formula is C20H19NO3. The molecule has 0 heterocycles. The highest BCUT2D eigenvalue weighted by molar-refractivity contribution is 5.92. The molecule has 1 unspecified atom stereocenters. The lowest BCUT2D eigenvalue weighted by Gasteiger charge is -2.20. The van der Waals surface area contributed by atoms with Crippen molar-refractivity contribution in [1.29, 1.82) is 0 Å². The van der Waals surface area contributed by atoms with Gasteiger partial charge in [-0.25, -0.2) is 4.79 Å². The van der Waals surface area contributed by atoms with E-state index < -0.39 is 0 Å². The van der Waals surface area contributed by atoms with E-state index in [2.05, 4.69) is 5.32 Å². The van der Waals surface area contributed by atoms with E-state index in [1.165, 1.54) is 14.0 Å². The van der Waals surface area contributed by atoms with Crippen molar-refractivity contribution in [2.45, 2.75) is 19.8 Å². The Morgan fingerprint density at radius 2 is 1.75 bits per heavy atom. The van der Waals surface area contributed by atoms with Crippen LogP contribution in [-0.2, 0) is 9.53 Å². The molecule has 2 aromatic carbocycles. The molecule has 0 saturated heterocycles. The van der Waals surface area contributed by atoms with Gasteiger partial charge in [-0.3, -0.25) is 4.79 Å². The van der Waals surface area contributed by atoms with Crippen molar-refractivity contribution in [1.82, 2.24) is 5.32 Å². The summed E-state index contributed by atoms with van der Waals surface area (Å²) in [6, 6.07) is 13.4. The predicted molar refractivity (Wildman–Crippen MR) is 92.6 cm³/mol. The minimum atomic E-state index is -0.381. The van der Waals surface area contributed by atoms with Crippen molar-refractivity contribution in [2.24, 2.45) is 0 Å². The van der Waals surface area contributed by atoms with Crippen molar-refractivity contribution >= 4 is 18.0 Å². The fourth-order valence-electron chi connectivity index (χ4n) is 3.25. The van der Waals surface area contributed by atoms with Gasteiger partial charge in [-0.15, -0.1) is 0 Å². The van der Waals surface area contributed by atoms with Crippen LogP contribution in [0.15, 0.2) is 48.2 Å². The number of hydrogen-bond donors (Lipinski definition) is 1. The minimum Gasteiger partial charge on any atom is -0.465 e. The van der Waals surface area contributed by atoms with Gasteiger partial charge < -0.3 is 10.1 Å². The van der Waals surface area contributed by atoms with Gasteiger partial charge in [-0.05, 0) is 41.3 Å². The van der Waals surface area contributed by atoms with Crippen LogP contribution in [0.1, 0.15) is 45.5 Å². The molecule has 4 nitrogen and oxygen atoms in total. The topological polar surface area (TPSA) is 55.4 Å². The number of benzene rings is 2. The highest BCUT2D eigenvalue weighted by Crippen LogP contribution is 2.42. The molecule has 0 fully saturated rings. The molecule has 0 saturated carbocycles. The van der Waals surface area contributed by atoms with Gasteiger partial charge in [0.1, 0.15) is 0 Å². The third-order valence-corrected chi connectivity index (χ3v) is 4.28. The summed E-state index contributed by atoms with van der Waals surface area (Å²) in [4.78, 5) is 23.8. The summed E-state index contributed by atoms with van der Waals surface area (Å²) in [5.74, 6) is -0.708. The quantitative estimate of drug-likeness (QED) is 0.882. The summed E-state index contributed by atoms with van der Waals surface area (Å²) >= 11 is 0. The second kappa shape index (κ2) is 6.32. The summed E-state index contributed by atoms with van der Waals surface area (Å²) in [6.45, 7) is 3.52. The van der Waals surface area contributed by atoms with Crippen LogP contribution in [0.4, 0.5) is 0 Å². The number of aryl methyl sites for hydroxylation is 1. The van der Waals surface area contributed by atoms with Crippen LogP contribution in [0, 0.1) is 6.92 Å². The maximum absolute atomic E-state index is 12.2. The van der Waals surface area contributed by atoms with Crippen molar-refractivity contribution in [2.75, 3.05) is 7.11 Å². The van der Waals surface area contributed by atoms with E-state index in [0.29, 0.717) is 5.56 Å². The Morgan fingerprint density at radius 3 is 2.46 bits per heavy atom. The Balaban J connectivity index is 2.19. The number of carbonyl (C=O) groups is 2. The first kappa shape index (κ1) is 16.0. The summed E-state index contributed by atoms with van der Waals surface area (Å²) in [5, 5.41) is 2.92. The first-order chi connectivity index (χ1) is 11.5. The normalized spacial score (nSPS) is 15.5. The summed E-state index contributed by atoms with van der Waals surface area (Å²) in [6.07, 6.45) is 1.99. The van der Waals surface area contributed by atoms with Crippen LogP contribution in [0.3, 0.4) is 0 Å². The monoisotopic (exact) mass is 321 g/mol. The van der Waals surface area contributed by atoms with Gasteiger partial charge in [0, 0.05) is 12.6 Å². The molecule has 1 N–H and O–H groups in total. The van der Waals surface area contributed by atoms with Crippen LogP contribution in [0.2, 0.25) is 0 Å². The molecule has 0 radical (unpaired) electrons. The molecule has 1 atom stereocenters. The van der Waals surface area contributed by atoms with Gasteiger partial charge in [-0.2, -0.15) is 0 Å². The van der Waals surface area contributed by atoms with Gasteiger partial charge in [0.2, 0.25) is 5.91 Å². The Morgan fingerprint density at radius 1 is 1.04 bits per heavy atom. The number of amides is 1. The van der Waals surface area contributed by atoms with Crippen LogP contribution in [0.5, 0.6) is 0 Å². The molecule has 122 valence electrons. The average Bonchev–Trinajstić information content (AvgIpc) is 2.92. The number of methoxy groups -OCH3 is 1. The van der Waals surface area contributed by atoms with Crippen molar-refractivity contribution in [3.05, 3.63) is 76.0 Å². The standard InChI is InChI=1S/C20H19NO3/c1-12-7-6-10-15-17(12)11-18(21-13(2)22)19(15)14-8-4-5-9-16(14)20(23)24-3/h4-11,19H,1-3H3,(H,21,22). The molecule has 1 aliphatic rings. The highest BCUT2D eigenvalue weighted by atomic mass is 16.5.